The van der Waals surface area contributed by atoms with E-state index in [1.54, 1.807) is 18.2 Å². The van der Waals surface area contributed by atoms with Crippen LogP contribution >= 0.6 is 0 Å². The van der Waals surface area contributed by atoms with Crippen LogP contribution in [-0.4, -0.2) is 30.8 Å². The lowest BCUT2D eigenvalue weighted by Crippen LogP contribution is -2.26. The van der Waals surface area contributed by atoms with Crippen molar-refractivity contribution < 1.29 is 17.7 Å². The number of carbonyl (C=O) groups is 1. The molecule has 3 aromatic carbocycles. The Kier molecular flexibility index (Phi) is 6.39. The number of aromatic nitrogens is 1. The molecule has 33 heavy (non-hydrogen) atoms. The summed E-state index contributed by atoms with van der Waals surface area (Å²) >= 11 is 0. The van der Waals surface area contributed by atoms with Gasteiger partial charge in [-0.1, -0.05) is 65.3 Å². The van der Waals surface area contributed by atoms with Gasteiger partial charge < -0.3 is 9.84 Å². The van der Waals surface area contributed by atoms with Crippen LogP contribution in [0.5, 0.6) is 0 Å². The fraction of sp³-hybridized carbons (Fsp3) is 0.120. The molecule has 0 spiro atoms. The first-order chi connectivity index (χ1) is 15.8. The van der Waals surface area contributed by atoms with Gasteiger partial charge >= 0.3 is 0 Å². The zero-order valence-electron chi connectivity index (χ0n) is 18.2. The molecule has 0 aliphatic carbocycles. The molecule has 1 aromatic heterocycles. The van der Waals surface area contributed by atoms with Crippen molar-refractivity contribution in [3.05, 3.63) is 102 Å². The molecule has 4 aromatic rings. The van der Waals surface area contributed by atoms with Crippen molar-refractivity contribution >= 4 is 21.6 Å². The highest BCUT2D eigenvalue weighted by Gasteiger charge is 2.21. The average molecular weight is 462 g/mol. The molecule has 1 amide bonds. The van der Waals surface area contributed by atoms with Crippen LogP contribution in [-0.2, 0) is 16.6 Å². The van der Waals surface area contributed by atoms with Crippen LogP contribution in [0.3, 0.4) is 0 Å². The van der Waals surface area contributed by atoms with Gasteiger partial charge in [0.05, 0.1) is 4.90 Å². The fourth-order valence-electron chi connectivity index (χ4n) is 3.25. The maximum absolute atomic E-state index is 12.9. The van der Waals surface area contributed by atoms with Crippen LogP contribution in [0.1, 0.15) is 21.6 Å². The van der Waals surface area contributed by atoms with Gasteiger partial charge in [0.15, 0.2) is 11.5 Å². The van der Waals surface area contributed by atoms with E-state index in [-0.39, 0.29) is 17.1 Å². The second-order valence-electron chi connectivity index (χ2n) is 7.67. The molecular weight excluding hydrogens is 438 g/mol. The van der Waals surface area contributed by atoms with Gasteiger partial charge in [-0.05, 0) is 36.8 Å². The van der Waals surface area contributed by atoms with Crippen molar-refractivity contribution in [2.75, 3.05) is 12.4 Å². The molecule has 0 atom stereocenters. The highest BCUT2D eigenvalue weighted by molar-refractivity contribution is 7.89. The number of sulfonamides is 1. The van der Waals surface area contributed by atoms with E-state index in [1.807, 2.05) is 61.5 Å². The van der Waals surface area contributed by atoms with Crippen molar-refractivity contribution in [1.29, 1.82) is 0 Å². The van der Waals surface area contributed by atoms with Crippen LogP contribution in [0.15, 0.2) is 94.3 Å². The van der Waals surface area contributed by atoms with Gasteiger partial charge in [0.2, 0.25) is 10.0 Å². The molecule has 168 valence electrons. The number of rotatable bonds is 7. The quantitative estimate of drug-likeness (QED) is 0.430. The Morgan fingerprint density at radius 3 is 2.30 bits per heavy atom. The maximum atomic E-state index is 12.9. The number of carbonyl (C=O) groups excluding carboxylic acids is 1. The SMILES string of the molecule is Cc1ccc(-c2cc(C(=O)Nc3ccc(S(=O)(=O)N(C)Cc4ccccc4)cc3)no2)cc1. The number of amides is 1. The smallest absolute Gasteiger partial charge is 0.277 e. The summed E-state index contributed by atoms with van der Waals surface area (Å²) in [6.07, 6.45) is 0. The molecular formula is C25H23N3O4S. The summed E-state index contributed by atoms with van der Waals surface area (Å²) in [5.41, 5.74) is 3.41. The molecule has 0 saturated heterocycles. The molecule has 0 aliphatic heterocycles. The second-order valence-corrected chi connectivity index (χ2v) is 9.71. The third-order valence-corrected chi connectivity index (χ3v) is 6.96. The van der Waals surface area contributed by atoms with E-state index < -0.39 is 15.9 Å². The highest BCUT2D eigenvalue weighted by atomic mass is 32.2. The highest BCUT2D eigenvalue weighted by Crippen LogP contribution is 2.22. The van der Waals surface area contributed by atoms with E-state index in [0.717, 1.165) is 16.7 Å². The van der Waals surface area contributed by atoms with Crippen LogP contribution in [0.2, 0.25) is 0 Å². The summed E-state index contributed by atoms with van der Waals surface area (Å²) in [6, 6.07) is 24.6. The summed E-state index contributed by atoms with van der Waals surface area (Å²) in [5, 5.41) is 6.55. The van der Waals surface area contributed by atoms with E-state index in [0.29, 0.717) is 11.4 Å². The monoisotopic (exact) mass is 461 g/mol. The lowest BCUT2D eigenvalue weighted by atomic mass is 10.1. The Morgan fingerprint density at radius 1 is 0.970 bits per heavy atom. The molecule has 4 rings (SSSR count). The summed E-state index contributed by atoms with van der Waals surface area (Å²) in [5.74, 6) is 0.0389. The topological polar surface area (TPSA) is 92.5 Å². The number of aryl methyl sites for hydroxylation is 1. The standard InChI is InChI=1S/C25H23N3O4S/c1-18-8-10-20(11-9-18)24-16-23(27-32-24)25(29)26-21-12-14-22(15-13-21)33(30,31)28(2)17-19-6-4-3-5-7-19/h3-16H,17H2,1-2H3,(H,26,29). The molecule has 1 heterocycles. The van der Waals surface area contributed by atoms with E-state index in [2.05, 4.69) is 10.5 Å². The Bertz CT molecular complexity index is 1350. The van der Waals surface area contributed by atoms with Gasteiger partial charge in [-0.15, -0.1) is 0 Å². The summed E-state index contributed by atoms with van der Waals surface area (Å²) in [6.45, 7) is 2.25. The third-order valence-electron chi connectivity index (χ3n) is 5.15. The molecule has 7 nitrogen and oxygen atoms in total. The van der Waals surface area contributed by atoms with Gasteiger partial charge in [-0.2, -0.15) is 4.31 Å². The first-order valence-corrected chi connectivity index (χ1v) is 11.7. The summed E-state index contributed by atoms with van der Waals surface area (Å²) in [7, 11) is -2.14. The van der Waals surface area contributed by atoms with Crippen molar-refractivity contribution in [2.45, 2.75) is 18.4 Å². The maximum Gasteiger partial charge on any atom is 0.277 e. The van der Waals surface area contributed by atoms with Crippen LogP contribution in [0, 0.1) is 6.92 Å². The van der Waals surface area contributed by atoms with E-state index in [9.17, 15) is 13.2 Å². The van der Waals surface area contributed by atoms with E-state index in [4.69, 9.17) is 4.52 Å². The van der Waals surface area contributed by atoms with E-state index >= 15 is 0 Å². The van der Waals surface area contributed by atoms with Crippen LogP contribution < -0.4 is 5.32 Å². The predicted octanol–water partition coefficient (Wildman–Crippen LogP) is 4.72. The minimum absolute atomic E-state index is 0.130. The normalized spacial score (nSPS) is 11.5. The summed E-state index contributed by atoms with van der Waals surface area (Å²) in [4.78, 5) is 12.7. The van der Waals surface area contributed by atoms with Crippen molar-refractivity contribution in [3.63, 3.8) is 0 Å². The van der Waals surface area contributed by atoms with Gasteiger partial charge in [-0.25, -0.2) is 8.42 Å². The minimum Gasteiger partial charge on any atom is -0.355 e. The molecule has 0 radical (unpaired) electrons. The van der Waals surface area contributed by atoms with Gasteiger partial charge in [0.1, 0.15) is 0 Å². The molecule has 0 saturated carbocycles. The number of anilines is 1. The Labute approximate surface area is 192 Å². The lowest BCUT2D eigenvalue weighted by molar-refractivity contribution is 0.101. The molecule has 0 unspecified atom stereocenters. The lowest BCUT2D eigenvalue weighted by Gasteiger charge is -2.17. The fourth-order valence-corrected chi connectivity index (χ4v) is 4.41. The van der Waals surface area contributed by atoms with Crippen LogP contribution in [0.25, 0.3) is 11.3 Å². The number of nitrogens with zero attached hydrogens (tertiary/aromatic N) is 2. The van der Waals surface area contributed by atoms with Crippen LogP contribution in [0.4, 0.5) is 5.69 Å². The molecule has 0 fully saturated rings. The number of benzene rings is 3. The number of hydrogen-bond acceptors (Lipinski definition) is 5. The molecule has 0 aliphatic rings. The first kappa shape index (κ1) is 22.4. The molecule has 0 bridgehead atoms. The second kappa shape index (κ2) is 9.40. The average Bonchev–Trinajstić information content (AvgIpc) is 3.31. The van der Waals surface area contributed by atoms with Gasteiger partial charge in [-0.3, -0.25) is 4.79 Å². The van der Waals surface area contributed by atoms with Gasteiger partial charge in [0.25, 0.3) is 5.91 Å². The Balaban J connectivity index is 1.43. The van der Waals surface area contributed by atoms with Crippen molar-refractivity contribution in [2.24, 2.45) is 0 Å². The third kappa shape index (κ3) is 5.19. The Morgan fingerprint density at radius 2 is 1.64 bits per heavy atom. The van der Waals surface area contributed by atoms with Gasteiger partial charge in [0, 0.05) is 30.9 Å². The Hall–Kier alpha value is -3.75. The summed E-state index contributed by atoms with van der Waals surface area (Å²) < 4.78 is 32.3. The molecule has 8 heteroatoms. The predicted molar refractivity (Wildman–Crippen MR) is 126 cm³/mol. The molecule has 1 N–H and O–H groups in total. The zero-order valence-corrected chi connectivity index (χ0v) is 19.0. The van der Waals surface area contributed by atoms with Crippen molar-refractivity contribution in [3.8, 4) is 11.3 Å². The number of hydrogen-bond donors (Lipinski definition) is 1. The largest absolute Gasteiger partial charge is 0.355 e. The van der Waals surface area contributed by atoms with Crippen molar-refractivity contribution in [1.82, 2.24) is 9.46 Å². The van der Waals surface area contributed by atoms with E-state index in [1.165, 1.54) is 23.5 Å². The zero-order chi connectivity index (χ0) is 23.4. The number of nitrogens with one attached hydrogen (secondary N) is 1. The first-order valence-electron chi connectivity index (χ1n) is 10.3. The minimum atomic E-state index is -3.67.